The molecule has 0 saturated heterocycles. The van der Waals surface area contributed by atoms with E-state index in [9.17, 15) is 4.79 Å². The molecule has 1 amide bonds. The molecule has 2 aromatic rings. The molecule has 1 aromatic carbocycles. The number of rotatable bonds is 5. The second-order valence-electron chi connectivity index (χ2n) is 3.71. The van der Waals surface area contributed by atoms with E-state index in [0.29, 0.717) is 28.7 Å². The molecule has 0 unspecified atom stereocenters. The number of nitrogens with zero attached hydrogens (tertiary/aromatic N) is 2. The van der Waals surface area contributed by atoms with Crippen molar-refractivity contribution >= 4 is 34.0 Å². The van der Waals surface area contributed by atoms with Gasteiger partial charge in [0.05, 0.1) is 6.61 Å². The van der Waals surface area contributed by atoms with Crippen molar-refractivity contribution in [3.63, 3.8) is 0 Å². The van der Waals surface area contributed by atoms with E-state index in [2.05, 4.69) is 15.5 Å². The molecule has 0 spiro atoms. The number of hydrogen-bond acceptors (Lipinski definition) is 5. The Hall–Kier alpha value is -1.50. The second-order valence-corrected chi connectivity index (χ2v) is 5.21. The van der Waals surface area contributed by atoms with Gasteiger partial charge >= 0.3 is 0 Å². The van der Waals surface area contributed by atoms with E-state index in [1.54, 1.807) is 31.4 Å². The van der Waals surface area contributed by atoms with Crippen LogP contribution in [-0.4, -0.2) is 29.8 Å². The maximum Gasteiger partial charge on any atom is 0.257 e. The van der Waals surface area contributed by atoms with E-state index in [-0.39, 0.29) is 5.91 Å². The molecule has 2 rings (SSSR count). The van der Waals surface area contributed by atoms with Crippen LogP contribution in [0.15, 0.2) is 24.3 Å². The molecule has 0 aliphatic rings. The minimum absolute atomic E-state index is 0.253. The summed E-state index contributed by atoms with van der Waals surface area (Å²) in [5.41, 5.74) is 0.487. The number of benzene rings is 1. The van der Waals surface area contributed by atoms with Crippen molar-refractivity contribution in [1.29, 1.82) is 0 Å². The van der Waals surface area contributed by atoms with E-state index in [4.69, 9.17) is 16.3 Å². The zero-order valence-electron chi connectivity index (χ0n) is 10.2. The van der Waals surface area contributed by atoms with E-state index < -0.39 is 0 Å². The molecule has 0 atom stereocenters. The minimum atomic E-state index is -0.253. The minimum Gasteiger partial charge on any atom is -0.384 e. The zero-order chi connectivity index (χ0) is 13.7. The Kier molecular flexibility index (Phi) is 4.84. The van der Waals surface area contributed by atoms with Crippen molar-refractivity contribution in [3.05, 3.63) is 39.9 Å². The lowest BCUT2D eigenvalue weighted by molar-refractivity contribution is 0.102. The molecule has 19 heavy (non-hydrogen) atoms. The van der Waals surface area contributed by atoms with E-state index in [1.807, 2.05) is 0 Å². The fraction of sp³-hybridized carbons (Fsp3) is 0.250. The van der Waals surface area contributed by atoms with Gasteiger partial charge in [-0.25, -0.2) is 0 Å². The van der Waals surface area contributed by atoms with Crippen molar-refractivity contribution in [2.75, 3.05) is 19.0 Å². The highest BCUT2D eigenvalue weighted by atomic mass is 35.5. The first-order valence-electron chi connectivity index (χ1n) is 5.57. The van der Waals surface area contributed by atoms with E-state index in [1.165, 1.54) is 11.3 Å². The predicted octanol–water partition coefficient (Wildman–Crippen LogP) is 2.63. The summed E-state index contributed by atoms with van der Waals surface area (Å²) in [5.74, 6) is -0.253. The van der Waals surface area contributed by atoms with Crippen LogP contribution >= 0.6 is 22.9 Å². The average molecular weight is 298 g/mol. The monoisotopic (exact) mass is 297 g/mol. The highest BCUT2D eigenvalue weighted by Gasteiger charge is 2.10. The molecule has 0 aliphatic carbocycles. The number of halogens is 1. The molecule has 0 saturated carbocycles. The van der Waals surface area contributed by atoms with Crippen molar-refractivity contribution in [3.8, 4) is 0 Å². The molecule has 0 aliphatic heterocycles. The lowest BCUT2D eigenvalue weighted by Crippen LogP contribution is -2.11. The Morgan fingerprint density at radius 2 is 2.32 bits per heavy atom. The van der Waals surface area contributed by atoms with Crippen LogP contribution in [0.2, 0.25) is 5.02 Å². The van der Waals surface area contributed by atoms with Crippen LogP contribution in [-0.2, 0) is 11.2 Å². The van der Waals surface area contributed by atoms with Gasteiger partial charge in [0.15, 0.2) is 0 Å². The highest BCUT2D eigenvalue weighted by Crippen LogP contribution is 2.17. The number of ether oxygens (including phenoxy) is 1. The third-order valence-corrected chi connectivity index (χ3v) is 3.43. The summed E-state index contributed by atoms with van der Waals surface area (Å²) in [7, 11) is 1.63. The van der Waals surface area contributed by atoms with Gasteiger partial charge < -0.3 is 4.74 Å². The lowest BCUT2D eigenvalue weighted by atomic mass is 10.2. The lowest BCUT2D eigenvalue weighted by Gasteiger charge is -2.01. The predicted molar refractivity (Wildman–Crippen MR) is 74.9 cm³/mol. The van der Waals surface area contributed by atoms with Gasteiger partial charge in [0.1, 0.15) is 5.01 Å². The van der Waals surface area contributed by atoms with E-state index in [0.717, 1.165) is 5.01 Å². The Bertz CT molecular complexity index is 574. The third-order valence-electron chi connectivity index (χ3n) is 2.29. The SMILES string of the molecule is COCCc1nnc(NC(=O)c2cccc(Cl)c2)s1. The number of amides is 1. The van der Waals surface area contributed by atoms with Gasteiger partial charge in [-0.15, -0.1) is 10.2 Å². The maximum atomic E-state index is 11.9. The summed E-state index contributed by atoms with van der Waals surface area (Å²) >= 11 is 7.17. The van der Waals surface area contributed by atoms with Crippen LogP contribution in [0.25, 0.3) is 0 Å². The van der Waals surface area contributed by atoms with Crippen LogP contribution in [0.1, 0.15) is 15.4 Å². The largest absolute Gasteiger partial charge is 0.384 e. The van der Waals surface area contributed by atoms with Gasteiger partial charge in [0.25, 0.3) is 5.91 Å². The van der Waals surface area contributed by atoms with Gasteiger partial charge in [-0.3, -0.25) is 10.1 Å². The molecule has 100 valence electrons. The fourth-order valence-electron chi connectivity index (χ4n) is 1.39. The van der Waals surface area contributed by atoms with Crippen molar-refractivity contribution in [2.45, 2.75) is 6.42 Å². The zero-order valence-corrected chi connectivity index (χ0v) is 11.8. The summed E-state index contributed by atoms with van der Waals surface area (Å²) in [6, 6.07) is 6.73. The number of methoxy groups -OCH3 is 1. The molecule has 0 bridgehead atoms. The molecule has 1 N–H and O–H groups in total. The van der Waals surface area contributed by atoms with Crippen LogP contribution in [0.4, 0.5) is 5.13 Å². The molecule has 5 nitrogen and oxygen atoms in total. The maximum absolute atomic E-state index is 11.9. The first-order valence-corrected chi connectivity index (χ1v) is 6.76. The highest BCUT2D eigenvalue weighted by molar-refractivity contribution is 7.15. The standard InChI is InChI=1S/C12H12ClN3O2S/c1-18-6-5-10-15-16-12(19-10)14-11(17)8-3-2-4-9(13)7-8/h2-4,7H,5-6H2,1H3,(H,14,16,17). The summed E-state index contributed by atoms with van der Waals surface area (Å²) in [6.07, 6.45) is 0.682. The molecule has 7 heteroatoms. The molecule has 1 heterocycles. The van der Waals surface area contributed by atoms with Gasteiger partial charge in [-0.1, -0.05) is 29.0 Å². The Balaban J connectivity index is 2.00. The fourth-order valence-corrected chi connectivity index (χ4v) is 2.30. The van der Waals surface area contributed by atoms with Crippen molar-refractivity contribution < 1.29 is 9.53 Å². The summed E-state index contributed by atoms with van der Waals surface area (Å²) in [5, 5.41) is 12.4. The number of aromatic nitrogens is 2. The topological polar surface area (TPSA) is 64.1 Å². The average Bonchev–Trinajstić information content (AvgIpc) is 2.84. The molecular formula is C12H12ClN3O2S. The summed E-state index contributed by atoms with van der Waals surface area (Å²) in [6.45, 7) is 0.580. The van der Waals surface area contributed by atoms with Gasteiger partial charge in [-0.2, -0.15) is 0 Å². The van der Waals surface area contributed by atoms with Gasteiger partial charge in [0.2, 0.25) is 5.13 Å². The van der Waals surface area contributed by atoms with E-state index >= 15 is 0 Å². The van der Waals surface area contributed by atoms with Crippen molar-refractivity contribution in [2.24, 2.45) is 0 Å². The van der Waals surface area contributed by atoms with Crippen LogP contribution in [0.5, 0.6) is 0 Å². The Labute approximate surface area is 119 Å². The number of carbonyl (C=O) groups excluding carboxylic acids is 1. The second kappa shape index (κ2) is 6.60. The van der Waals surface area contributed by atoms with Crippen LogP contribution in [0.3, 0.4) is 0 Å². The number of anilines is 1. The third kappa shape index (κ3) is 3.99. The molecule has 0 radical (unpaired) electrons. The normalized spacial score (nSPS) is 10.4. The molecular weight excluding hydrogens is 286 g/mol. The first-order chi connectivity index (χ1) is 9.19. The quantitative estimate of drug-likeness (QED) is 0.921. The van der Waals surface area contributed by atoms with Crippen LogP contribution < -0.4 is 5.32 Å². The smallest absolute Gasteiger partial charge is 0.257 e. The molecule has 1 aromatic heterocycles. The van der Waals surface area contributed by atoms with Crippen LogP contribution in [0, 0.1) is 0 Å². The summed E-state index contributed by atoms with van der Waals surface area (Å²) in [4.78, 5) is 11.9. The Morgan fingerprint density at radius 3 is 3.05 bits per heavy atom. The van der Waals surface area contributed by atoms with Gasteiger partial charge in [0, 0.05) is 24.1 Å². The number of hydrogen-bond donors (Lipinski definition) is 1. The van der Waals surface area contributed by atoms with Crippen molar-refractivity contribution in [1.82, 2.24) is 10.2 Å². The van der Waals surface area contributed by atoms with Gasteiger partial charge in [-0.05, 0) is 18.2 Å². The summed E-state index contributed by atoms with van der Waals surface area (Å²) < 4.78 is 4.96. The Morgan fingerprint density at radius 1 is 1.47 bits per heavy atom. The first kappa shape index (κ1) is 13.9. The number of nitrogens with one attached hydrogen (secondary N) is 1. The molecule has 0 fully saturated rings. The number of carbonyl (C=O) groups is 1.